The van der Waals surface area contributed by atoms with Crippen molar-refractivity contribution in [2.45, 2.75) is 0 Å². The molecule has 94 valence electrons. The fraction of sp³-hybridized carbons (Fsp3) is 0.143. The summed E-state index contributed by atoms with van der Waals surface area (Å²) in [5, 5.41) is 0. The number of ketones is 1. The largest absolute Gasteiger partial charge is 0.497 e. The van der Waals surface area contributed by atoms with Gasteiger partial charge in [0.15, 0.2) is 5.78 Å². The standard InChI is InChI=1S/C14H14O4/c1-17-13-8-4-11(5-9-13)3-6-12(15)7-10-14(16)18-2/h3-10H,1-2H3/b6-3+,10-7+. The maximum atomic E-state index is 11.4. The molecule has 4 nitrogen and oxygen atoms in total. The van der Waals surface area contributed by atoms with E-state index in [9.17, 15) is 9.59 Å². The molecule has 0 N–H and O–H groups in total. The van der Waals surface area contributed by atoms with Gasteiger partial charge in [-0.25, -0.2) is 4.79 Å². The summed E-state index contributed by atoms with van der Waals surface area (Å²) in [6, 6.07) is 7.25. The van der Waals surface area contributed by atoms with Crippen LogP contribution in [0.2, 0.25) is 0 Å². The van der Waals surface area contributed by atoms with Crippen LogP contribution in [0.5, 0.6) is 5.75 Å². The Balaban J connectivity index is 2.60. The highest BCUT2D eigenvalue weighted by molar-refractivity contribution is 6.04. The Kier molecular flexibility index (Phi) is 5.38. The fourth-order valence-corrected chi connectivity index (χ4v) is 1.17. The topological polar surface area (TPSA) is 52.6 Å². The van der Waals surface area contributed by atoms with Crippen molar-refractivity contribution in [1.82, 2.24) is 0 Å². The second-order valence-electron chi connectivity index (χ2n) is 3.37. The van der Waals surface area contributed by atoms with Crippen LogP contribution in [-0.2, 0) is 14.3 Å². The highest BCUT2D eigenvalue weighted by Crippen LogP contribution is 2.12. The molecule has 1 aromatic rings. The molecule has 0 heterocycles. The monoisotopic (exact) mass is 246 g/mol. The minimum absolute atomic E-state index is 0.281. The molecule has 0 saturated carbocycles. The number of benzene rings is 1. The van der Waals surface area contributed by atoms with Crippen LogP contribution in [0.1, 0.15) is 5.56 Å². The van der Waals surface area contributed by atoms with Gasteiger partial charge in [0.05, 0.1) is 14.2 Å². The Hall–Kier alpha value is -2.36. The van der Waals surface area contributed by atoms with Crippen molar-refractivity contribution in [3.05, 3.63) is 48.1 Å². The van der Waals surface area contributed by atoms with E-state index in [0.717, 1.165) is 23.5 Å². The number of carbonyl (C=O) groups excluding carboxylic acids is 2. The number of hydrogen-bond acceptors (Lipinski definition) is 4. The van der Waals surface area contributed by atoms with Crippen molar-refractivity contribution < 1.29 is 19.1 Å². The first kappa shape index (κ1) is 13.7. The van der Waals surface area contributed by atoms with Gasteiger partial charge in [0, 0.05) is 6.08 Å². The third-order valence-electron chi connectivity index (χ3n) is 2.14. The third kappa shape index (κ3) is 4.65. The number of hydrogen-bond donors (Lipinski definition) is 0. The average Bonchev–Trinajstić information content (AvgIpc) is 2.42. The maximum absolute atomic E-state index is 11.4. The fourth-order valence-electron chi connectivity index (χ4n) is 1.17. The van der Waals surface area contributed by atoms with Gasteiger partial charge in [0.2, 0.25) is 0 Å². The van der Waals surface area contributed by atoms with E-state index in [1.807, 2.05) is 12.1 Å². The minimum Gasteiger partial charge on any atom is -0.497 e. The molecule has 18 heavy (non-hydrogen) atoms. The summed E-state index contributed by atoms with van der Waals surface area (Å²) in [6.45, 7) is 0. The highest BCUT2D eigenvalue weighted by Gasteiger charge is 1.95. The van der Waals surface area contributed by atoms with E-state index in [1.54, 1.807) is 25.3 Å². The summed E-state index contributed by atoms with van der Waals surface area (Å²) in [5.41, 5.74) is 0.871. The van der Waals surface area contributed by atoms with Crippen molar-refractivity contribution in [2.24, 2.45) is 0 Å². The number of esters is 1. The van der Waals surface area contributed by atoms with Crippen LogP contribution in [0.15, 0.2) is 42.5 Å². The van der Waals surface area contributed by atoms with Crippen LogP contribution in [0.25, 0.3) is 6.08 Å². The van der Waals surface area contributed by atoms with E-state index in [1.165, 1.54) is 13.2 Å². The molecule has 0 aromatic heterocycles. The van der Waals surface area contributed by atoms with Crippen molar-refractivity contribution in [3.63, 3.8) is 0 Å². The summed E-state index contributed by atoms with van der Waals surface area (Å²) in [7, 11) is 2.84. The van der Waals surface area contributed by atoms with E-state index < -0.39 is 5.97 Å². The summed E-state index contributed by atoms with van der Waals surface area (Å²) in [4.78, 5) is 22.1. The molecule has 0 bridgehead atoms. The molecule has 0 unspecified atom stereocenters. The summed E-state index contributed by atoms with van der Waals surface area (Å²) >= 11 is 0. The quantitative estimate of drug-likeness (QED) is 0.589. The lowest BCUT2D eigenvalue weighted by Gasteiger charge is -1.98. The van der Waals surface area contributed by atoms with Gasteiger partial charge in [-0.05, 0) is 29.8 Å². The van der Waals surface area contributed by atoms with E-state index in [4.69, 9.17) is 4.74 Å². The normalized spacial score (nSPS) is 10.8. The van der Waals surface area contributed by atoms with Gasteiger partial charge in [-0.15, -0.1) is 0 Å². The Morgan fingerprint density at radius 3 is 2.22 bits per heavy atom. The first-order valence-electron chi connectivity index (χ1n) is 5.28. The predicted octanol–water partition coefficient (Wildman–Crippen LogP) is 2.01. The van der Waals surface area contributed by atoms with Crippen LogP contribution in [-0.4, -0.2) is 26.0 Å². The van der Waals surface area contributed by atoms with Gasteiger partial charge in [0.1, 0.15) is 5.75 Å². The van der Waals surface area contributed by atoms with Crippen LogP contribution >= 0.6 is 0 Å². The SMILES string of the molecule is COC(=O)/C=C/C(=O)/C=C/c1ccc(OC)cc1. The Morgan fingerprint density at radius 2 is 1.67 bits per heavy atom. The summed E-state index contributed by atoms with van der Waals surface area (Å²) < 4.78 is 9.39. The maximum Gasteiger partial charge on any atom is 0.330 e. The molecule has 0 amide bonds. The third-order valence-corrected chi connectivity index (χ3v) is 2.14. The Labute approximate surface area is 106 Å². The summed E-state index contributed by atoms with van der Waals surface area (Å²) in [5.74, 6) is -0.0820. The van der Waals surface area contributed by atoms with Crippen molar-refractivity contribution in [3.8, 4) is 5.75 Å². The zero-order chi connectivity index (χ0) is 13.4. The number of carbonyl (C=O) groups is 2. The van der Waals surface area contributed by atoms with E-state index in [0.29, 0.717) is 0 Å². The van der Waals surface area contributed by atoms with Gasteiger partial charge >= 0.3 is 5.97 Å². The second-order valence-corrected chi connectivity index (χ2v) is 3.37. The molecule has 0 fully saturated rings. The lowest BCUT2D eigenvalue weighted by atomic mass is 10.2. The zero-order valence-corrected chi connectivity index (χ0v) is 10.3. The highest BCUT2D eigenvalue weighted by atomic mass is 16.5. The molecule has 0 spiro atoms. The minimum atomic E-state index is -0.554. The van der Waals surface area contributed by atoms with E-state index >= 15 is 0 Å². The number of methoxy groups -OCH3 is 2. The molecule has 0 aliphatic heterocycles. The van der Waals surface area contributed by atoms with Crippen molar-refractivity contribution >= 4 is 17.8 Å². The molecular formula is C14H14O4. The zero-order valence-electron chi connectivity index (χ0n) is 10.3. The van der Waals surface area contributed by atoms with Crippen LogP contribution < -0.4 is 4.74 Å². The van der Waals surface area contributed by atoms with E-state index in [2.05, 4.69) is 4.74 Å². The van der Waals surface area contributed by atoms with Gasteiger partial charge in [-0.2, -0.15) is 0 Å². The van der Waals surface area contributed by atoms with E-state index in [-0.39, 0.29) is 5.78 Å². The number of allylic oxidation sites excluding steroid dienone is 2. The molecule has 0 saturated heterocycles. The van der Waals surface area contributed by atoms with Gasteiger partial charge in [-0.1, -0.05) is 18.2 Å². The molecular weight excluding hydrogens is 232 g/mol. The second kappa shape index (κ2) is 7.06. The molecule has 0 atom stereocenters. The molecule has 0 radical (unpaired) electrons. The van der Waals surface area contributed by atoms with Gasteiger partial charge in [0.25, 0.3) is 0 Å². The first-order chi connectivity index (χ1) is 8.65. The average molecular weight is 246 g/mol. The molecule has 0 aliphatic carbocycles. The smallest absolute Gasteiger partial charge is 0.330 e. The molecule has 1 rings (SSSR count). The lowest BCUT2D eigenvalue weighted by molar-refractivity contribution is -0.135. The summed E-state index contributed by atoms with van der Waals surface area (Å²) in [6.07, 6.45) is 5.27. The number of ether oxygens (including phenoxy) is 2. The van der Waals surface area contributed by atoms with Crippen molar-refractivity contribution in [1.29, 1.82) is 0 Å². The Morgan fingerprint density at radius 1 is 1.00 bits per heavy atom. The Bertz CT molecular complexity index is 469. The molecule has 0 aliphatic rings. The number of rotatable bonds is 5. The van der Waals surface area contributed by atoms with Gasteiger partial charge < -0.3 is 9.47 Å². The van der Waals surface area contributed by atoms with Crippen molar-refractivity contribution in [2.75, 3.05) is 14.2 Å². The molecule has 4 heteroatoms. The van der Waals surface area contributed by atoms with Crippen LogP contribution in [0.3, 0.4) is 0 Å². The first-order valence-corrected chi connectivity index (χ1v) is 5.28. The molecule has 1 aromatic carbocycles. The van der Waals surface area contributed by atoms with Gasteiger partial charge in [-0.3, -0.25) is 4.79 Å². The lowest BCUT2D eigenvalue weighted by Crippen LogP contribution is -1.95. The van der Waals surface area contributed by atoms with Crippen LogP contribution in [0, 0.1) is 0 Å². The van der Waals surface area contributed by atoms with Crippen LogP contribution in [0.4, 0.5) is 0 Å². The predicted molar refractivity (Wildman–Crippen MR) is 68.2 cm³/mol.